The van der Waals surface area contributed by atoms with Crippen molar-refractivity contribution in [1.82, 2.24) is 5.32 Å². The molecule has 1 aromatic heterocycles. The van der Waals surface area contributed by atoms with Crippen molar-refractivity contribution in [2.75, 3.05) is 11.9 Å². The lowest BCUT2D eigenvalue weighted by Crippen LogP contribution is -2.32. The molecule has 1 aromatic carbocycles. The molecular weight excluding hydrogens is 388 g/mol. The summed E-state index contributed by atoms with van der Waals surface area (Å²) in [6.45, 7) is 5.83. The van der Waals surface area contributed by atoms with Gasteiger partial charge < -0.3 is 10.1 Å². The van der Waals surface area contributed by atoms with Crippen molar-refractivity contribution in [3.8, 4) is 0 Å². The van der Waals surface area contributed by atoms with E-state index in [9.17, 15) is 14.4 Å². The normalized spacial score (nSPS) is 12.8. The van der Waals surface area contributed by atoms with E-state index in [0.29, 0.717) is 10.6 Å². The molecular formula is C22H26N2O4S. The number of alkyl carbamates (subject to hydrolysis) is 1. The van der Waals surface area contributed by atoms with Crippen molar-refractivity contribution < 1.29 is 19.1 Å². The van der Waals surface area contributed by atoms with E-state index in [0.717, 1.165) is 52.8 Å². The van der Waals surface area contributed by atoms with E-state index in [-0.39, 0.29) is 18.9 Å². The van der Waals surface area contributed by atoms with Crippen LogP contribution < -0.4 is 10.6 Å². The number of anilines is 1. The maximum atomic E-state index is 12.8. The number of imide groups is 1. The van der Waals surface area contributed by atoms with Crippen LogP contribution in [0.3, 0.4) is 0 Å². The summed E-state index contributed by atoms with van der Waals surface area (Å²) in [6, 6.07) is 6.02. The van der Waals surface area contributed by atoms with Crippen LogP contribution in [0.2, 0.25) is 0 Å². The smallest absolute Gasteiger partial charge is 0.414 e. The fourth-order valence-electron chi connectivity index (χ4n) is 3.55. The molecule has 2 aromatic rings. The van der Waals surface area contributed by atoms with Crippen molar-refractivity contribution >= 4 is 34.2 Å². The highest BCUT2D eigenvalue weighted by Gasteiger charge is 2.27. The van der Waals surface area contributed by atoms with Gasteiger partial charge in [0.25, 0.3) is 5.91 Å². The molecule has 0 bridgehead atoms. The summed E-state index contributed by atoms with van der Waals surface area (Å²) in [5, 5.41) is 5.69. The van der Waals surface area contributed by atoms with Gasteiger partial charge in [0.05, 0.1) is 18.6 Å². The Hall–Kier alpha value is -2.67. The fourth-order valence-corrected chi connectivity index (χ4v) is 4.85. The van der Waals surface area contributed by atoms with Crippen LogP contribution in [-0.2, 0) is 28.8 Å². The lowest BCUT2D eigenvalue weighted by atomic mass is 9.95. The molecule has 0 atom stereocenters. The predicted octanol–water partition coefficient (Wildman–Crippen LogP) is 4.31. The van der Waals surface area contributed by atoms with Crippen molar-refractivity contribution in [2.45, 2.75) is 52.9 Å². The van der Waals surface area contributed by atoms with Crippen LogP contribution in [-0.4, -0.2) is 24.5 Å². The molecule has 154 valence electrons. The molecule has 1 aliphatic rings. The second-order valence-electron chi connectivity index (χ2n) is 7.24. The average molecular weight is 415 g/mol. The molecule has 3 rings (SSSR count). The minimum absolute atomic E-state index is 0.178. The number of carbonyl (C=O) groups is 3. The maximum absolute atomic E-state index is 12.8. The van der Waals surface area contributed by atoms with E-state index in [1.54, 1.807) is 6.92 Å². The van der Waals surface area contributed by atoms with Gasteiger partial charge in [0, 0.05) is 4.88 Å². The van der Waals surface area contributed by atoms with Crippen molar-refractivity contribution in [2.24, 2.45) is 0 Å². The third-order valence-electron chi connectivity index (χ3n) is 5.00. The Kier molecular flexibility index (Phi) is 6.69. The summed E-state index contributed by atoms with van der Waals surface area (Å²) in [5.74, 6) is -0.702. The van der Waals surface area contributed by atoms with E-state index in [1.807, 2.05) is 32.0 Å². The number of hydrogen-bond donors (Lipinski definition) is 2. The standard InChI is InChI=1S/C22H26N2O4S/c1-4-28-22(27)24-20(26)19-16-7-5-6-8-17(16)29-21(19)23-18(25)12-15-11-13(2)9-10-14(15)3/h9-11H,4-8,12H2,1-3H3,(H,23,25)(H,24,26,27). The van der Waals surface area contributed by atoms with Crippen LogP contribution in [0.15, 0.2) is 18.2 Å². The molecule has 6 nitrogen and oxygen atoms in total. The Morgan fingerprint density at radius 2 is 1.90 bits per heavy atom. The minimum Gasteiger partial charge on any atom is -0.450 e. The van der Waals surface area contributed by atoms with Crippen molar-refractivity contribution in [1.29, 1.82) is 0 Å². The van der Waals surface area contributed by atoms with Gasteiger partial charge in [-0.2, -0.15) is 0 Å². The number of hydrogen-bond acceptors (Lipinski definition) is 5. The second kappa shape index (κ2) is 9.22. The van der Waals surface area contributed by atoms with E-state index < -0.39 is 12.0 Å². The Balaban J connectivity index is 1.83. The molecule has 0 spiro atoms. The summed E-state index contributed by atoms with van der Waals surface area (Å²) in [6.07, 6.45) is 3.15. The van der Waals surface area contributed by atoms with Crippen LogP contribution in [0, 0.1) is 13.8 Å². The summed E-state index contributed by atoms with van der Waals surface area (Å²) >= 11 is 1.43. The van der Waals surface area contributed by atoms with Crippen LogP contribution in [0.1, 0.15) is 57.3 Å². The maximum Gasteiger partial charge on any atom is 0.414 e. The highest BCUT2D eigenvalue weighted by atomic mass is 32.1. The molecule has 0 saturated heterocycles. The summed E-state index contributed by atoms with van der Waals surface area (Å²) in [7, 11) is 0. The Morgan fingerprint density at radius 3 is 2.66 bits per heavy atom. The molecule has 1 heterocycles. The number of rotatable bonds is 5. The highest BCUT2D eigenvalue weighted by molar-refractivity contribution is 7.17. The Bertz CT molecular complexity index is 949. The molecule has 0 unspecified atom stereocenters. The van der Waals surface area contributed by atoms with Crippen LogP contribution in [0.25, 0.3) is 0 Å². The van der Waals surface area contributed by atoms with Crippen LogP contribution >= 0.6 is 11.3 Å². The SMILES string of the molecule is CCOC(=O)NC(=O)c1c(NC(=O)Cc2cc(C)ccc2C)sc2c1CCCC2. The summed E-state index contributed by atoms with van der Waals surface area (Å²) in [4.78, 5) is 38.3. The number of nitrogens with one attached hydrogen (secondary N) is 2. The van der Waals surface area contributed by atoms with Gasteiger partial charge in [-0.15, -0.1) is 11.3 Å². The number of benzene rings is 1. The zero-order valence-corrected chi connectivity index (χ0v) is 17.8. The number of aryl methyl sites for hydroxylation is 3. The lowest BCUT2D eigenvalue weighted by molar-refractivity contribution is -0.115. The number of amides is 3. The quantitative estimate of drug-likeness (QED) is 0.763. The zero-order valence-electron chi connectivity index (χ0n) is 17.0. The molecule has 0 fully saturated rings. The lowest BCUT2D eigenvalue weighted by Gasteiger charge is -2.13. The molecule has 3 amide bonds. The monoisotopic (exact) mass is 414 g/mol. The zero-order chi connectivity index (χ0) is 21.0. The van der Waals surface area contributed by atoms with Gasteiger partial charge in [-0.1, -0.05) is 23.8 Å². The first-order valence-electron chi connectivity index (χ1n) is 9.87. The first kappa shape index (κ1) is 21.0. The van der Waals surface area contributed by atoms with E-state index in [2.05, 4.69) is 10.6 Å². The highest BCUT2D eigenvalue weighted by Crippen LogP contribution is 2.38. The number of ether oxygens (including phenoxy) is 1. The molecule has 2 N–H and O–H groups in total. The second-order valence-corrected chi connectivity index (χ2v) is 8.35. The Morgan fingerprint density at radius 1 is 1.14 bits per heavy atom. The number of fused-ring (bicyclic) bond motifs is 1. The van der Waals surface area contributed by atoms with E-state index in [1.165, 1.54) is 11.3 Å². The predicted molar refractivity (Wildman–Crippen MR) is 114 cm³/mol. The van der Waals surface area contributed by atoms with Gasteiger partial charge in [-0.05, 0) is 63.1 Å². The van der Waals surface area contributed by atoms with Crippen molar-refractivity contribution in [3.63, 3.8) is 0 Å². The van der Waals surface area contributed by atoms with Gasteiger partial charge in [0.15, 0.2) is 0 Å². The number of thiophene rings is 1. The van der Waals surface area contributed by atoms with Crippen molar-refractivity contribution in [3.05, 3.63) is 50.9 Å². The topological polar surface area (TPSA) is 84.5 Å². The largest absolute Gasteiger partial charge is 0.450 e. The van der Waals surface area contributed by atoms with E-state index in [4.69, 9.17) is 4.74 Å². The molecule has 0 saturated carbocycles. The average Bonchev–Trinajstić information content (AvgIpc) is 3.02. The molecule has 29 heavy (non-hydrogen) atoms. The van der Waals surface area contributed by atoms with Gasteiger partial charge in [-0.3, -0.25) is 14.9 Å². The van der Waals surface area contributed by atoms with Gasteiger partial charge in [-0.25, -0.2) is 4.79 Å². The third-order valence-corrected chi connectivity index (χ3v) is 6.21. The molecule has 0 radical (unpaired) electrons. The molecule has 7 heteroatoms. The molecule has 1 aliphatic carbocycles. The first-order chi connectivity index (χ1) is 13.9. The molecule has 0 aliphatic heterocycles. The summed E-state index contributed by atoms with van der Waals surface area (Å²) < 4.78 is 4.82. The van der Waals surface area contributed by atoms with E-state index >= 15 is 0 Å². The van der Waals surface area contributed by atoms with Gasteiger partial charge in [0.1, 0.15) is 5.00 Å². The van der Waals surface area contributed by atoms with Crippen LogP contribution in [0.5, 0.6) is 0 Å². The van der Waals surface area contributed by atoms with Crippen LogP contribution in [0.4, 0.5) is 9.80 Å². The number of carbonyl (C=O) groups excluding carboxylic acids is 3. The minimum atomic E-state index is -0.777. The van der Waals surface area contributed by atoms with Gasteiger partial charge in [0.2, 0.25) is 5.91 Å². The Labute approximate surface area is 174 Å². The summed E-state index contributed by atoms with van der Waals surface area (Å²) in [5.41, 5.74) is 4.44. The first-order valence-corrected chi connectivity index (χ1v) is 10.7. The fraction of sp³-hybridized carbons (Fsp3) is 0.409. The third kappa shape index (κ3) is 5.03. The van der Waals surface area contributed by atoms with Gasteiger partial charge >= 0.3 is 6.09 Å².